The molecule has 2 aromatic carbocycles. The van der Waals surface area contributed by atoms with E-state index in [1.807, 2.05) is 30.5 Å². The van der Waals surface area contributed by atoms with Crippen LogP contribution in [0.4, 0.5) is 10.1 Å². The van der Waals surface area contributed by atoms with Crippen molar-refractivity contribution in [2.24, 2.45) is 0 Å². The van der Waals surface area contributed by atoms with Gasteiger partial charge >= 0.3 is 0 Å². The quantitative estimate of drug-likeness (QED) is 0.461. The van der Waals surface area contributed by atoms with Gasteiger partial charge in [-0.05, 0) is 41.7 Å². The summed E-state index contributed by atoms with van der Waals surface area (Å²) in [5.74, 6) is -0.384. The van der Waals surface area contributed by atoms with Gasteiger partial charge in [-0.25, -0.2) is 9.37 Å². The van der Waals surface area contributed by atoms with Crippen LogP contribution in [-0.4, -0.2) is 15.5 Å². The predicted octanol–water partition coefficient (Wildman–Crippen LogP) is 5.33. The Morgan fingerprint density at radius 2 is 1.94 bits per heavy atom. The average molecular weight is 436 g/mol. The molecule has 0 aliphatic rings. The lowest BCUT2D eigenvalue weighted by atomic mass is 9.98. The number of amides is 1. The number of nitrogens with one attached hydrogen (secondary N) is 1. The molecule has 0 unspecified atom stereocenters. The van der Waals surface area contributed by atoms with E-state index in [1.165, 1.54) is 34.4 Å². The zero-order chi connectivity index (χ0) is 22.1. The van der Waals surface area contributed by atoms with E-state index in [0.717, 1.165) is 22.4 Å². The first-order valence-corrected chi connectivity index (χ1v) is 10.8. The lowest BCUT2D eigenvalue weighted by Crippen LogP contribution is -2.28. The summed E-state index contributed by atoms with van der Waals surface area (Å²) in [5.41, 5.74) is 3.92. The molecule has 158 valence electrons. The fraction of sp³-hybridized carbons (Fsp3) is 0.208. The number of hydrogen-bond acceptors (Lipinski definition) is 4. The van der Waals surface area contributed by atoms with Gasteiger partial charge in [0.15, 0.2) is 0 Å². The van der Waals surface area contributed by atoms with Gasteiger partial charge in [-0.15, -0.1) is 11.3 Å². The lowest BCUT2D eigenvalue weighted by molar-refractivity contribution is -0.116. The van der Waals surface area contributed by atoms with Crippen molar-refractivity contribution in [1.82, 2.24) is 9.55 Å². The SMILES string of the molecule is Cc1cccc(C(C)C)c1NC(=O)Cn1cnc2scc(-c3ccc(F)cc3)c2c1=O. The molecule has 0 atom stereocenters. The molecule has 0 saturated carbocycles. The molecule has 0 radical (unpaired) electrons. The maximum Gasteiger partial charge on any atom is 0.263 e. The van der Waals surface area contributed by atoms with E-state index in [2.05, 4.69) is 24.1 Å². The minimum Gasteiger partial charge on any atom is -0.324 e. The Morgan fingerprint density at radius 1 is 1.19 bits per heavy atom. The van der Waals surface area contributed by atoms with Crippen molar-refractivity contribution in [1.29, 1.82) is 0 Å². The summed E-state index contributed by atoms with van der Waals surface area (Å²) in [6, 6.07) is 11.9. The second-order valence-corrected chi connectivity index (χ2v) is 8.61. The van der Waals surface area contributed by atoms with E-state index in [0.29, 0.717) is 15.8 Å². The number of hydrogen-bond donors (Lipinski definition) is 1. The van der Waals surface area contributed by atoms with E-state index in [-0.39, 0.29) is 29.7 Å². The zero-order valence-electron chi connectivity index (χ0n) is 17.5. The summed E-state index contributed by atoms with van der Waals surface area (Å²) in [6.07, 6.45) is 1.40. The first-order valence-electron chi connectivity index (χ1n) is 9.97. The molecule has 1 N–H and O–H groups in total. The molecule has 0 aliphatic heterocycles. The molecule has 2 aromatic heterocycles. The highest BCUT2D eigenvalue weighted by Gasteiger charge is 2.16. The third-order valence-electron chi connectivity index (χ3n) is 5.22. The fourth-order valence-electron chi connectivity index (χ4n) is 3.60. The third kappa shape index (κ3) is 4.14. The van der Waals surface area contributed by atoms with E-state index in [1.54, 1.807) is 12.1 Å². The van der Waals surface area contributed by atoms with Crippen molar-refractivity contribution in [2.45, 2.75) is 33.2 Å². The number of aryl methyl sites for hydroxylation is 1. The number of nitrogens with zero attached hydrogens (tertiary/aromatic N) is 2. The Labute approximate surface area is 183 Å². The average Bonchev–Trinajstić information content (AvgIpc) is 3.17. The predicted molar refractivity (Wildman–Crippen MR) is 123 cm³/mol. The summed E-state index contributed by atoms with van der Waals surface area (Å²) in [6.45, 7) is 5.94. The Hall–Kier alpha value is -3.32. The molecule has 0 bridgehead atoms. The molecular weight excluding hydrogens is 413 g/mol. The summed E-state index contributed by atoms with van der Waals surface area (Å²) < 4.78 is 14.6. The monoisotopic (exact) mass is 435 g/mol. The Balaban J connectivity index is 1.66. The van der Waals surface area contributed by atoms with E-state index < -0.39 is 0 Å². The lowest BCUT2D eigenvalue weighted by Gasteiger charge is -2.16. The number of para-hydroxylation sites is 1. The van der Waals surface area contributed by atoms with Gasteiger partial charge in [-0.1, -0.05) is 44.2 Å². The van der Waals surface area contributed by atoms with Gasteiger partial charge in [-0.2, -0.15) is 0 Å². The summed E-state index contributed by atoms with van der Waals surface area (Å²) in [5, 5.41) is 5.23. The van der Waals surface area contributed by atoms with Crippen molar-refractivity contribution in [3.8, 4) is 11.1 Å². The van der Waals surface area contributed by atoms with Crippen LogP contribution in [0.15, 0.2) is 59.0 Å². The molecule has 2 heterocycles. The highest BCUT2D eigenvalue weighted by Crippen LogP contribution is 2.31. The minimum atomic E-state index is -0.340. The largest absolute Gasteiger partial charge is 0.324 e. The van der Waals surface area contributed by atoms with Crippen molar-refractivity contribution in [2.75, 3.05) is 5.32 Å². The highest BCUT2D eigenvalue weighted by molar-refractivity contribution is 7.17. The number of thiophene rings is 1. The van der Waals surface area contributed by atoms with Crippen molar-refractivity contribution in [3.63, 3.8) is 0 Å². The number of fused-ring (bicyclic) bond motifs is 1. The Kier molecular flexibility index (Phi) is 5.69. The van der Waals surface area contributed by atoms with Crippen molar-refractivity contribution in [3.05, 3.63) is 81.5 Å². The van der Waals surface area contributed by atoms with Crippen molar-refractivity contribution < 1.29 is 9.18 Å². The van der Waals surface area contributed by atoms with Crippen LogP contribution in [0.2, 0.25) is 0 Å². The fourth-order valence-corrected chi connectivity index (χ4v) is 4.50. The standard InChI is InChI=1S/C24H22FN3O2S/c1-14(2)18-6-4-5-15(3)22(18)27-20(29)11-28-13-26-23-21(24(28)30)19(12-31-23)16-7-9-17(25)10-8-16/h4-10,12-14H,11H2,1-3H3,(H,27,29). The number of anilines is 1. The van der Waals surface area contributed by atoms with Crippen LogP contribution in [0.5, 0.6) is 0 Å². The molecular formula is C24H22FN3O2S. The van der Waals surface area contributed by atoms with Crippen LogP contribution >= 0.6 is 11.3 Å². The molecule has 1 amide bonds. The van der Waals surface area contributed by atoms with Gasteiger partial charge in [-0.3, -0.25) is 14.2 Å². The van der Waals surface area contributed by atoms with E-state index in [9.17, 15) is 14.0 Å². The van der Waals surface area contributed by atoms with Crippen LogP contribution < -0.4 is 10.9 Å². The molecule has 4 rings (SSSR count). The number of carbonyl (C=O) groups is 1. The molecule has 7 heteroatoms. The second kappa shape index (κ2) is 8.43. The maximum atomic E-state index is 13.3. The molecule has 0 saturated heterocycles. The van der Waals surface area contributed by atoms with Gasteiger partial charge in [0.1, 0.15) is 17.2 Å². The van der Waals surface area contributed by atoms with Crippen LogP contribution in [0.25, 0.3) is 21.3 Å². The number of rotatable bonds is 5. The first kappa shape index (κ1) is 20.9. The zero-order valence-corrected chi connectivity index (χ0v) is 18.3. The van der Waals surface area contributed by atoms with Crippen LogP contribution in [0.3, 0.4) is 0 Å². The summed E-state index contributed by atoms with van der Waals surface area (Å²) >= 11 is 1.35. The number of carbonyl (C=O) groups excluding carboxylic acids is 1. The molecule has 0 fully saturated rings. The molecule has 0 spiro atoms. The van der Waals surface area contributed by atoms with Crippen LogP contribution in [0, 0.1) is 12.7 Å². The summed E-state index contributed by atoms with van der Waals surface area (Å²) in [4.78, 5) is 30.9. The van der Waals surface area contributed by atoms with Gasteiger partial charge < -0.3 is 5.32 Å². The first-order chi connectivity index (χ1) is 14.8. The second-order valence-electron chi connectivity index (χ2n) is 7.76. The highest BCUT2D eigenvalue weighted by atomic mass is 32.1. The molecule has 31 heavy (non-hydrogen) atoms. The Bertz CT molecular complexity index is 1320. The van der Waals surface area contributed by atoms with Crippen LogP contribution in [-0.2, 0) is 11.3 Å². The Morgan fingerprint density at radius 3 is 2.65 bits per heavy atom. The normalized spacial score (nSPS) is 11.3. The van der Waals surface area contributed by atoms with Gasteiger partial charge in [0.05, 0.1) is 11.7 Å². The van der Waals surface area contributed by atoms with Gasteiger partial charge in [0.25, 0.3) is 5.56 Å². The topological polar surface area (TPSA) is 64.0 Å². The van der Waals surface area contributed by atoms with Gasteiger partial charge in [0.2, 0.25) is 5.91 Å². The number of benzene rings is 2. The number of halogens is 1. The van der Waals surface area contributed by atoms with Crippen molar-refractivity contribution >= 4 is 33.1 Å². The maximum absolute atomic E-state index is 13.3. The smallest absolute Gasteiger partial charge is 0.263 e. The number of aromatic nitrogens is 2. The van der Waals surface area contributed by atoms with Crippen LogP contribution in [0.1, 0.15) is 30.9 Å². The molecule has 5 nitrogen and oxygen atoms in total. The third-order valence-corrected chi connectivity index (χ3v) is 6.11. The molecule has 0 aliphatic carbocycles. The van der Waals surface area contributed by atoms with E-state index >= 15 is 0 Å². The minimum absolute atomic E-state index is 0.146. The van der Waals surface area contributed by atoms with E-state index in [4.69, 9.17) is 0 Å². The summed E-state index contributed by atoms with van der Waals surface area (Å²) in [7, 11) is 0. The molecule has 4 aromatic rings. The van der Waals surface area contributed by atoms with Gasteiger partial charge in [0, 0.05) is 16.6 Å².